The first kappa shape index (κ1) is 24.0. The number of carbonyl (C=O) groups is 2. The van der Waals surface area contributed by atoms with Gasteiger partial charge in [-0.1, -0.05) is 42.5 Å². The number of aromatic nitrogens is 1. The molecule has 5 rings (SSSR count). The molecule has 1 aromatic heterocycles. The largest absolute Gasteiger partial charge is 0.497 e. The van der Waals surface area contributed by atoms with Gasteiger partial charge in [0, 0.05) is 24.2 Å². The molecule has 4 aromatic rings. The fourth-order valence-electron chi connectivity index (χ4n) is 4.95. The summed E-state index contributed by atoms with van der Waals surface area (Å²) in [5.74, 6) is 0.413. The Labute approximate surface area is 214 Å². The Bertz CT molecular complexity index is 1380. The molecule has 0 N–H and O–H groups in total. The molecule has 0 spiro atoms. The number of rotatable bonds is 6. The molecule has 3 aromatic carbocycles. The maximum absolute atomic E-state index is 13.4. The predicted molar refractivity (Wildman–Crippen MR) is 141 cm³/mol. The highest BCUT2D eigenvalue weighted by atomic mass is 32.1. The first-order valence-corrected chi connectivity index (χ1v) is 12.9. The number of fused-ring (bicyclic) bond motifs is 1. The molecule has 0 unspecified atom stereocenters. The lowest BCUT2D eigenvalue weighted by Crippen LogP contribution is -2.41. The number of carbonyl (C=O) groups excluding carboxylic acids is 2. The highest BCUT2D eigenvalue weighted by molar-refractivity contribution is 7.21. The van der Waals surface area contributed by atoms with Gasteiger partial charge in [0.1, 0.15) is 10.8 Å². The van der Waals surface area contributed by atoms with Crippen LogP contribution in [-0.2, 0) is 9.53 Å². The molecule has 6 nitrogen and oxygen atoms in total. The Morgan fingerprint density at radius 3 is 2.47 bits per heavy atom. The SMILES string of the molecule is COC(=O)[C@@H](c1ccccc1)C1CCN(C(=O)c2cccc(-c3nc4ccc(OC)cc4s3)c2)CC1. The lowest BCUT2D eigenvalue weighted by molar-refractivity contribution is -0.144. The molecule has 0 radical (unpaired) electrons. The summed E-state index contributed by atoms with van der Waals surface area (Å²) in [5.41, 5.74) is 3.45. The van der Waals surface area contributed by atoms with E-state index >= 15 is 0 Å². The lowest BCUT2D eigenvalue weighted by atomic mass is 9.80. The molecule has 1 atom stereocenters. The molecule has 1 aliphatic heterocycles. The first-order chi connectivity index (χ1) is 17.6. The van der Waals surface area contributed by atoms with Crippen LogP contribution in [0.25, 0.3) is 20.8 Å². The fraction of sp³-hybridized carbons (Fsp3) is 0.276. The van der Waals surface area contributed by atoms with E-state index in [0.29, 0.717) is 18.7 Å². The number of methoxy groups -OCH3 is 2. The maximum Gasteiger partial charge on any atom is 0.313 e. The molecule has 2 heterocycles. The van der Waals surface area contributed by atoms with Gasteiger partial charge in [-0.15, -0.1) is 11.3 Å². The zero-order valence-electron chi connectivity index (χ0n) is 20.3. The molecule has 0 saturated carbocycles. The van der Waals surface area contributed by atoms with Crippen molar-refractivity contribution in [2.75, 3.05) is 27.3 Å². The summed E-state index contributed by atoms with van der Waals surface area (Å²) in [6.07, 6.45) is 1.50. The van der Waals surface area contributed by atoms with Crippen molar-refractivity contribution in [2.24, 2.45) is 5.92 Å². The summed E-state index contributed by atoms with van der Waals surface area (Å²) >= 11 is 1.58. The standard InChI is InChI=1S/C29H28N2O4S/c1-34-23-11-12-24-25(18-23)36-27(30-24)21-9-6-10-22(17-21)28(32)31-15-13-20(14-16-31)26(29(33)35-2)19-7-4-3-5-8-19/h3-12,17-18,20,26H,13-16H2,1-2H3/t26-/m0/s1. The maximum atomic E-state index is 13.4. The topological polar surface area (TPSA) is 68.7 Å². The molecule has 1 aliphatic rings. The van der Waals surface area contributed by atoms with Crippen LogP contribution >= 0.6 is 11.3 Å². The van der Waals surface area contributed by atoms with Gasteiger partial charge in [-0.2, -0.15) is 0 Å². The van der Waals surface area contributed by atoms with Gasteiger partial charge in [-0.05, 0) is 54.7 Å². The Balaban J connectivity index is 1.30. The van der Waals surface area contributed by atoms with Gasteiger partial charge in [0.05, 0.1) is 30.4 Å². The fourth-order valence-corrected chi connectivity index (χ4v) is 5.94. The quantitative estimate of drug-likeness (QED) is 0.314. The van der Waals surface area contributed by atoms with E-state index in [0.717, 1.165) is 44.9 Å². The van der Waals surface area contributed by atoms with Crippen LogP contribution in [0.1, 0.15) is 34.7 Å². The summed E-state index contributed by atoms with van der Waals surface area (Å²) < 4.78 is 11.5. The monoisotopic (exact) mass is 500 g/mol. The van der Waals surface area contributed by atoms with Crippen molar-refractivity contribution in [3.8, 4) is 16.3 Å². The van der Waals surface area contributed by atoms with E-state index in [1.807, 2.05) is 77.7 Å². The summed E-state index contributed by atoms with van der Waals surface area (Å²) in [6, 6.07) is 23.3. The molecule has 7 heteroatoms. The van der Waals surface area contributed by atoms with E-state index in [4.69, 9.17) is 14.5 Å². The van der Waals surface area contributed by atoms with E-state index in [-0.39, 0.29) is 23.7 Å². The zero-order chi connectivity index (χ0) is 25.1. The first-order valence-electron chi connectivity index (χ1n) is 12.0. The third-order valence-corrected chi connectivity index (χ3v) is 7.93. The van der Waals surface area contributed by atoms with E-state index in [1.165, 1.54) is 7.11 Å². The van der Waals surface area contributed by atoms with Crippen molar-refractivity contribution in [3.63, 3.8) is 0 Å². The number of ether oxygens (including phenoxy) is 2. The number of nitrogens with zero attached hydrogens (tertiary/aromatic N) is 2. The zero-order valence-corrected chi connectivity index (χ0v) is 21.2. The van der Waals surface area contributed by atoms with Crippen LogP contribution in [0, 0.1) is 5.92 Å². The Morgan fingerprint density at radius 2 is 1.75 bits per heavy atom. The molecular formula is C29H28N2O4S. The van der Waals surface area contributed by atoms with E-state index in [1.54, 1.807) is 18.4 Å². The van der Waals surface area contributed by atoms with Crippen LogP contribution in [0.4, 0.5) is 0 Å². The van der Waals surface area contributed by atoms with Gasteiger partial charge in [0.2, 0.25) is 0 Å². The molecule has 0 bridgehead atoms. The second-order valence-electron chi connectivity index (χ2n) is 8.97. The van der Waals surface area contributed by atoms with E-state index in [9.17, 15) is 9.59 Å². The normalized spacial score (nSPS) is 15.0. The van der Waals surface area contributed by atoms with Crippen LogP contribution in [0.15, 0.2) is 72.8 Å². The minimum absolute atomic E-state index is 0.00686. The van der Waals surface area contributed by atoms with Gasteiger partial charge in [-0.3, -0.25) is 9.59 Å². The van der Waals surface area contributed by atoms with Gasteiger partial charge >= 0.3 is 5.97 Å². The molecule has 1 saturated heterocycles. The molecule has 184 valence electrons. The second-order valence-corrected chi connectivity index (χ2v) is 10.0. The van der Waals surface area contributed by atoms with Crippen molar-refractivity contribution in [1.29, 1.82) is 0 Å². The number of amides is 1. The number of esters is 1. The van der Waals surface area contributed by atoms with Crippen LogP contribution in [0.3, 0.4) is 0 Å². The van der Waals surface area contributed by atoms with Crippen molar-refractivity contribution in [3.05, 3.63) is 83.9 Å². The smallest absolute Gasteiger partial charge is 0.313 e. The number of likely N-dealkylation sites (tertiary alicyclic amines) is 1. The number of piperidine rings is 1. The van der Waals surface area contributed by atoms with Gasteiger partial charge in [0.15, 0.2) is 0 Å². The van der Waals surface area contributed by atoms with Crippen LogP contribution in [0.5, 0.6) is 5.75 Å². The summed E-state index contributed by atoms with van der Waals surface area (Å²) in [7, 11) is 3.09. The number of hydrogen-bond acceptors (Lipinski definition) is 6. The Kier molecular flexibility index (Phi) is 7.00. The predicted octanol–water partition coefficient (Wildman–Crippen LogP) is 5.78. The number of hydrogen-bond donors (Lipinski definition) is 0. The van der Waals surface area contributed by atoms with E-state index in [2.05, 4.69) is 0 Å². The highest BCUT2D eigenvalue weighted by Gasteiger charge is 2.34. The minimum atomic E-state index is -0.311. The summed E-state index contributed by atoms with van der Waals surface area (Å²) in [4.78, 5) is 32.6. The molecule has 1 fully saturated rings. The van der Waals surface area contributed by atoms with Gasteiger partial charge in [0.25, 0.3) is 5.91 Å². The van der Waals surface area contributed by atoms with Crippen molar-refractivity contribution in [1.82, 2.24) is 9.88 Å². The third kappa shape index (κ3) is 4.84. The van der Waals surface area contributed by atoms with Crippen molar-refractivity contribution >= 4 is 33.4 Å². The van der Waals surface area contributed by atoms with E-state index < -0.39 is 0 Å². The van der Waals surface area contributed by atoms with Crippen molar-refractivity contribution in [2.45, 2.75) is 18.8 Å². The molecule has 36 heavy (non-hydrogen) atoms. The lowest BCUT2D eigenvalue weighted by Gasteiger charge is -2.35. The summed E-state index contributed by atoms with van der Waals surface area (Å²) in [6.45, 7) is 1.21. The van der Waals surface area contributed by atoms with Crippen molar-refractivity contribution < 1.29 is 19.1 Å². The average molecular weight is 501 g/mol. The highest BCUT2D eigenvalue weighted by Crippen LogP contribution is 2.35. The average Bonchev–Trinajstić information content (AvgIpc) is 3.37. The molecule has 1 amide bonds. The summed E-state index contributed by atoms with van der Waals surface area (Å²) in [5, 5.41) is 0.871. The van der Waals surface area contributed by atoms with Gasteiger partial charge < -0.3 is 14.4 Å². The van der Waals surface area contributed by atoms with Crippen LogP contribution < -0.4 is 4.74 Å². The van der Waals surface area contributed by atoms with Crippen LogP contribution in [-0.4, -0.2) is 49.1 Å². The van der Waals surface area contributed by atoms with Gasteiger partial charge in [-0.25, -0.2) is 4.98 Å². The number of thiazole rings is 1. The Hall–Kier alpha value is -3.71. The molecule has 0 aliphatic carbocycles. The van der Waals surface area contributed by atoms with Crippen LogP contribution in [0.2, 0.25) is 0 Å². The Morgan fingerprint density at radius 1 is 0.972 bits per heavy atom. The minimum Gasteiger partial charge on any atom is -0.497 e. The second kappa shape index (κ2) is 10.5. The number of benzene rings is 3. The molecular weight excluding hydrogens is 472 g/mol. The third-order valence-electron chi connectivity index (χ3n) is 6.86.